The summed E-state index contributed by atoms with van der Waals surface area (Å²) in [6.07, 6.45) is 4.62. The van der Waals surface area contributed by atoms with Gasteiger partial charge in [0.05, 0.1) is 23.6 Å². The maximum atomic E-state index is 10.8. The molecule has 2 N–H and O–H groups in total. The second kappa shape index (κ2) is 5.61. The van der Waals surface area contributed by atoms with E-state index in [2.05, 4.69) is 14.5 Å². The summed E-state index contributed by atoms with van der Waals surface area (Å²) in [4.78, 5) is 15.4. The molecule has 0 aromatic carbocycles. The number of rotatable bonds is 5. The van der Waals surface area contributed by atoms with Crippen molar-refractivity contribution in [3.8, 4) is 11.3 Å². The fourth-order valence-corrected chi connectivity index (χ4v) is 2.88. The highest BCUT2D eigenvalue weighted by Crippen LogP contribution is 2.25. The van der Waals surface area contributed by atoms with Crippen molar-refractivity contribution in [3.63, 3.8) is 0 Å². The lowest BCUT2D eigenvalue weighted by molar-refractivity contribution is -0.118. The number of fused-ring (bicyclic) bond motifs is 1. The van der Waals surface area contributed by atoms with Crippen molar-refractivity contribution in [1.29, 1.82) is 0 Å². The number of pyridine rings is 1. The van der Waals surface area contributed by atoms with Crippen molar-refractivity contribution >= 4 is 28.5 Å². The number of hydrogen-bond donors (Lipinski definition) is 1. The summed E-state index contributed by atoms with van der Waals surface area (Å²) in [5.41, 5.74) is 10.1. The Bertz CT molecular complexity index is 778. The zero-order valence-corrected chi connectivity index (χ0v) is 12.4. The van der Waals surface area contributed by atoms with Crippen LogP contribution in [0.4, 0.5) is 0 Å². The van der Waals surface area contributed by atoms with Crippen molar-refractivity contribution in [3.05, 3.63) is 29.4 Å². The third-order valence-electron chi connectivity index (χ3n) is 3.31. The Morgan fingerprint density at radius 3 is 3.00 bits per heavy atom. The van der Waals surface area contributed by atoms with Crippen LogP contribution in [-0.4, -0.2) is 25.0 Å². The molecule has 0 aliphatic heterocycles. The smallest absolute Gasteiger partial charge is 0.217 e. The molecule has 1 amide bonds. The van der Waals surface area contributed by atoms with Crippen LogP contribution in [0.3, 0.4) is 0 Å². The van der Waals surface area contributed by atoms with Crippen LogP contribution < -0.4 is 5.73 Å². The summed E-state index contributed by atoms with van der Waals surface area (Å²) in [6, 6.07) is 2.04. The largest absolute Gasteiger partial charge is 0.370 e. The molecule has 0 fully saturated rings. The van der Waals surface area contributed by atoms with E-state index in [-0.39, 0.29) is 5.91 Å². The Morgan fingerprint density at radius 2 is 2.29 bits per heavy atom. The van der Waals surface area contributed by atoms with Gasteiger partial charge in [0.1, 0.15) is 5.52 Å². The monoisotopic (exact) mass is 301 g/mol. The van der Waals surface area contributed by atoms with Crippen LogP contribution in [0.1, 0.15) is 18.4 Å². The predicted molar refractivity (Wildman–Crippen MR) is 81.8 cm³/mol. The Balaban J connectivity index is 1.93. The minimum Gasteiger partial charge on any atom is -0.370 e. The minimum atomic E-state index is -0.284. The predicted octanol–water partition coefficient (Wildman–Crippen LogP) is 2.13. The molecule has 3 aromatic heterocycles. The van der Waals surface area contributed by atoms with Gasteiger partial charge in [0, 0.05) is 23.9 Å². The van der Waals surface area contributed by atoms with Gasteiger partial charge in [-0.1, -0.05) is 0 Å². The molecule has 6 nitrogen and oxygen atoms in total. The summed E-state index contributed by atoms with van der Waals surface area (Å²) in [5, 5.41) is 6.34. The van der Waals surface area contributed by atoms with Crippen molar-refractivity contribution in [2.24, 2.45) is 5.73 Å². The van der Waals surface area contributed by atoms with Crippen LogP contribution in [0.2, 0.25) is 0 Å². The average molecular weight is 301 g/mol. The maximum Gasteiger partial charge on any atom is 0.217 e. The van der Waals surface area contributed by atoms with Crippen molar-refractivity contribution in [1.82, 2.24) is 19.1 Å². The zero-order chi connectivity index (χ0) is 14.8. The number of nitrogens with zero attached hydrogens (tertiary/aromatic N) is 4. The van der Waals surface area contributed by atoms with Gasteiger partial charge in [0.15, 0.2) is 0 Å². The molecule has 0 saturated heterocycles. The van der Waals surface area contributed by atoms with E-state index in [1.54, 1.807) is 6.20 Å². The molecule has 0 aliphatic carbocycles. The van der Waals surface area contributed by atoms with Gasteiger partial charge in [-0.25, -0.2) is 9.36 Å². The summed E-state index contributed by atoms with van der Waals surface area (Å²) < 4.78 is 5.99. The quantitative estimate of drug-likeness (QED) is 0.782. The first-order valence-corrected chi connectivity index (χ1v) is 7.50. The molecule has 7 heteroatoms. The fourth-order valence-electron chi connectivity index (χ4n) is 2.35. The number of aromatic nitrogens is 4. The molecule has 3 rings (SSSR count). The van der Waals surface area contributed by atoms with Crippen LogP contribution in [0.5, 0.6) is 0 Å². The number of aryl methyl sites for hydroxylation is 2. The lowest BCUT2D eigenvalue weighted by Gasteiger charge is -2.06. The Kier molecular flexibility index (Phi) is 3.66. The summed E-state index contributed by atoms with van der Waals surface area (Å²) in [6.45, 7) is 2.70. The molecule has 0 atom stereocenters. The van der Waals surface area contributed by atoms with E-state index < -0.39 is 0 Å². The summed E-state index contributed by atoms with van der Waals surface area (Å²) in [5.74, 6) is -0.284. The van der Waals surface area contributed by atoms with Gasteiger partial charge in [-0.15, -0.1) is 0 Å². The first kappa shape index (κ1) is 13.7. The standard InChI is InChI=1S/C14H15N5OS/c1-9-5-11(10-6-17-21-8-10)18-12-7-16-19(14(9)12)4-2-3-13(15)20/h5-8H,2-4H2,1H3,(H2,15,20). The number of primary amides is 1. The fraction of sp³-hybridized carbons (Fsp3) is 0.286. The van der Waals surface area contributed by atoms with E-state index >= 15 is 0 Å². The molecule has 0 unspecified atom stereocenters. The van der Waals surface area contributed by atoms with Crippen LogP contribution in [-0.2, 0) is 11.3 Å². The third-order valence-corrected chi connectivity index (χ3v) is 3.90. The molecule has 0 bridgehead atoms. The number of hydrogen-bond acceptors (Lipinski definition) is 5. The Hall–Kier alpha value is -2.28. The topological polar surface area (TPSA) is 86.7 Å². The lowest BCUT2D eigenvalue weighted by Crippen LogP contribution is -2.12. The highest BCUT2D eigenvalue weighted by molar-refractivity contribution is 7.03. The van der Waals surface area contributed by atoms with E-state index in [9.17, 15) is 4.79 Å². The van der Waals surface area contributed by atoms with Crippen LogP contribution in [0, 0.1) is 6.92 Å². The molecular weight excluding hydrogens is 286 g/mol. The van der Waals surface area contributed by atoms with Gasteiger partial charge in [-0.05, 0) is 36.5 Å². The van der Waals surface area contributed by atoms with E-state index in [1.807, 2.05) is 29.2 Å². The molecule has 3 aromatic rings. The van der Waals surface area contributed by atoms with Crippen molar-refractivity contribution < 1.29 is 4.79 Å². The highest BCUT2D eigenvalue weighted by atomic mass is 32.1. The van der Waals surface area contributed by atoms with Gasteiger partial charge in [0.25, 0.3) is 0 Å². The van der Waals surface area contributed by atoms with E-state index in [4.69, 9.17) is 5.73 Å². The third kappa shape index (κ3) is 2.78. The highest BCUT2D eigenvalue weighted by Gasteiger charge is 2.11. The Labute approximate surface area is 125 Å². The van der Waals surface area contributed by atoms with E-state index in [0.29, 0.717) is 19.4 Å². The van der Waals surface area contributed by atoms with Crippen molar-refractivity contribution in [2.45, 2.75) is 26.3 Å². The maximum absolute atomic E-state index is 10.8. The van der Waals surface area contributed by atoms with Crippen LogP contribution in [0.15, 0.2) is 23.8 Å². The summed E-state index contributed by atoms with van der Waals surface area (Å²) in [7, 11) is 0. The first-order valence-electron chi connectivity index (χ1n) is 6.66. The van der Waals surface area contributed by atoms with Gasteiger partial charge >= 0.3 is 0 Å². The van der Waals surface area contributed by atoms with Crippen molar-refractivity contribution in [2.75, 3.05) is 0 Å². The second-order valence-electron chi connectivity index (χ2n) is 4.91. The number of carbonyl (C=O) groups excluding carboxylic acids is 1. The SMILES string of the molecule is Cc1cc(-c2cnsc2)nc2cnn(CCCC(N)=O)c12. The Morgan fingerprint density at radius 1 is 1.43 bits per heavy atom. The molecule has 3 heterocycles. The number of carbonyl (C=O) groups is 1. The molecule has 0 aliphatic rings. The second-order valence-corrected chi connectivity index (χ2v) is 5.57. The zero-order valence-electron chi connectivity index (χ0n) is 11.6. The van der Waals surface area contributed by atoms with E-state index in [0.717, 1.165) is 27.9 Å². The van der Waals surface area contributed by atoms with Gasteiger partial charge in [-0.3, -0.25) is 9.48 Å². The minimum absolute atomic E-state index is 0.284. The number of amides is 1. The molecule has 0 spiro atoms. The van der Waals surface area contributed by atoms with E-state index in [1.165, 1.54) is 11.5 Å². The lowest BCUT2D eigenvalue weighted by atomic mass is 10.1. The normalized spacial score (nSPS) is 11.1. The van der Waals surface area contributed by atoms with Crippen LogP contribution >= 0.6 is 11.5 Å². The molecule has 21 heavy (non-hydrogen) atoms. The van der Waals surface area contributed by atoms with Gasteiger partial charge in [0.2, 0.25) is 5.91 Å². The first-order chi connectivity index (χ1) is 10.1. The summed E-state index contributed by atoms with van der Waals surface area (Å²) >= 11 is 1.41. The average Bonchev–Trinajstić information content (AvgIpc) is 3.07. The van der Waals surface area contributed by atoms with Crippen LogP contribution in [0.25, 0.3) is 22.3 Å². The number of nitrogens with two attached hydrogens (primary N) is 1. The van der Waals surface area contributed by atoms with Gasteiger partial charge < -0.3 is 5.73 Å². The molecular formula is C14H15N5OS. The molecule has 0 radical (unpaired) electrons. The molecule has 0 saturated carbocycles. The van der Waals surface area contributed by atoms with Gasteiger partial charge in [-0.2, -0.15) is 5.10 Å². The molecule has 108 valence electrons.